The predicted octanol–water partition coefficient (Wildman–Crippen LogP) is -1.76. The molecule has 0 rings (SSSR count). The van der Waals surface area contributed by atoms with Crippen molar-refractivity contribution in [2.75, 3.05) is 0 Å². The normalized spacial score (nSPS) is 1.85. The Hall–Kier alpha value is -1.38. The average molecular weight is 188 g/mol. The minimum absolute atomic E-state index is 0. The van der Waals surface area contributed by atoms with Crippen LogP contribution < -0.4 is 0 Å². The molecule has 0 aromatic carbocycles. The molecule has 0 aromatic rings. The van der Waals surface area contributed by atoms with Crippen molar-refractivity contribution < 1.29 is 28.8 Å². The molecular weight excluding hydrogens is 175 g/mol. The Morgan fingerprint density at radius 3 is 0.308 bits per heavy atom. The zero-order valence-electron chi connectivity index (χ0n) is 6.69. The molecular formula is C6H13LiO6. The molecule has 0 N–H and O–H groups in total. The van der Waals surface area contributed by atoms with Crippen LogP contribution in [0.15, 0.2) is 0 Å². The van der Waals surface area contributed by atoms with Crippen LogP contribution in [0, 0.1) is 0 Å². The van der Waals surface area contributed by atoms with Gasteiger partial charge in [-0.25, -0.2) is 0 Å². The summed E-state index contributed by atoms with van der Waals surface area (Å²) in [6.45, 7) is 12.0. The van der Waals surface area contributed by atoms with Gasteiger partial charge in [0.1, 0.15) is 40.7 Å². The van der Waals surface area contributed by atoms with Gasteiger partial charge in [-0.1, -0.05) is 0 Å². The van der Waals surface area contributed by atoms with Gasteiger partial charge in [-0.3, -0.25) is 0 Å². The van der Waals surface area contributed by atoms with E-state index in [2.05, 4.69) is 0 Å². The van der Waals surface area contributed by atoms with Gasteiger partial charge in [0.25, 0.3) is 0 Å². The zero-order chi connectivity index (χ0) is 12.0. The van der Waals surface area contributed by atoms with Crippen molar-refractivity contribution in [3.8, 4) is 0 Å². The average Bonchev–Trinajstić information content (AvgIpc) is 2.33. The van der Waals surface area contributed by atoms with Crippen LogP contribution >= 0.6 is 0 Å². The van der Waals surface area contributed by atoms with Gasteiger partial charge in [-0.2, -0.15) is 0 Å². The van der Waals surface area contributed by atoms with Gasteiger partial charge in [-0.15, -0.1) is 0 Å². The number of carbonyl (C=O) groups is 6. The summed E-state index contributed by atoms with van der Waals surface area (Å²) in [5, 5.41) is 0. The summed E-state index contributed by atoms with van der Waals surface area (Å²) < 4.78 is 0. The standard InChI is InChI=1S/6CH2O.Li.H/c6*1-2;;/h6*1H2;;. The van der Waals surface area contributed by atoms with Crippen LogP contribution in [0.2, 0.25) is 0 Å². The molecule has 0 bridgehead atoms. The van der Waals surface area contributed by atoms with E-state index in [9.17, 15) is 0 Å². The molecule has 0 fully saturated rings. The predicted molar refractivity (Wildman–Crippen MR) is 49.9 cm³/mol. The molecule has 0 aliphatic heterocycles. The Labute approximate surface area is 88.9 Å². The van der Waals surface area contributed by atoms with Crippen molar-refractivity contribution in [2.45, 2.75) is 0 Å². The third-order valence-corrected chi connectivity index (χ3v) is 0. The topological polar surface area (TPSA) is 102 Å². The SMILES string of the molecule is C=O.C=O.C=O.C=O.C=O.C=O.[LiH]. The van der Waals surface area contributed by atoms with Gasteiger partial charge in [-0.05, 0) is 0 Å². The van der Waals surface area contributed by atoms with E-state index in [1.165, 1.54) is 0 Å². The Morgan fingerprint density at radius 2 is 0.308 bits per heavy atom. The minimum atomic E-state index is 0. The molecule has 0 aliphatic rings. The van der Waals surface area contributed by atoms with E-state index in [4.69, 9.17) is 28.8 Å². The van der Waals surface area contributed by atoms with Crippen LogP contribution in [0.3, 0.4) is 0 Å². The van der Waals surface area contributed by atoms with Gasteiger partial charge in [0, 0.05) is 0 Å². The summed E-state index contributed by atoms with van der Waals surface area (Å²) in [7, 11) is 0. The number of hydrogen-bond acceptors (Lipinski definition) is 6. The third-order valence-electron chi connectivity index (χ3n) is 0. The van der Waals surface area contributed by atoms with Crippen LogP contribution in [-0.4, -0.2) is 59.6 Å². The van der Waals surface area contributed by atoms with E-state index < -0.39 is 0 Å². The molecule has 6 nitrogen and oxygen atoms in total. The first-order chi connectivity index (χ1) is 6.00. The van der Waals surface area contributed by atoms with E-state index >= 15 is 0 Å². The fourth-order valence-electron chi connectivity index (χ4n) is 0. The molecule has 0 atom stereocenters. The molecule has 0 saturated heterocycles. The van der Waals surface area contributed by atoms with Gasteiger partial charge in [0.05, 0.1) is 0 Å². The van der Waals surface area contributed by atoms with Gasteiger partial charge in [0.2, 0.25) is 0 Å². The Balaban J connectivity index is -0.00000000655. The summed E-state index contributed by atoms with van der Waals surface area (Å²) in [5.41, 5.74) is 0. The van der Waals surface area contributed by atoms with Crippen LogP contribution in [0.25, 0.3) is 0 Å². The van der Waals surface area contributed by atoms with Crippen LogP contribution in [0.4, 0.5) is 0 Å². The first-order valence-corrected chi connectivity index (χ1v) is 1.73. The fourth-order valence-corrected chi connectivity index (χ4v) is 0. The van der Waals surface area contributed by atoms with Crippen molar-refractivity contribution in [3.05, 3.63) is 0 Å². The zero-order valence-corrected chi connectivity index (χ0v) is 6.69. The first kappa shape index (κ1) is 61.4. The van der Waals surface area contributed by atoms with Gasteiger partial charge >= 0.3 is 18.9 Å². The Morgan fingerprint density at radius 1 is 0.308 bits per heavy atom. The Kier molecular flexibility index (Phi) is 2430. The maximum atomic E-state index is 8.00. The Bertz CT molecular complexity index is 32.6. The van der Waals surface area contributed by atoms with Gasteiger partial charge < -0.3 is 28.8 Å². The second kappa shape index (κ2) is 514. The van der Waals surface area contributed by atoms with Crippen molar-refractivity contribution in [2.24, 2.45) is 0 Å². The van der Waals surface area contributed by atoms with Crippen LogP contribution in [0.5, 0.6) is 0 Å². The van der Waals surface area contributed by atoms with Gasteiger partial charge in [0.15, 0.2) is 0 Å². The molecule has 0 heterocycles. The van der Waals surface area contributed by atoms with Crippen molar-refractivity contribution in [3.63, 3.8) is 0 Å². The van der Waals surface area contributed by atoms with E-state index in [1.807, 2.05) is 40.7 Å². The van der Waals surface area contributed by atoms with Crippen molar-refractivity contribution in [1.29, 1.82) is 0 Å². The molecule has 13 heavy (non-hydrogen) atoms. The molecule has 0 unspecified atom stereocenters. The van der Waals surface area contributed by atoms with Crippen molar-refractivity contribution >= 4 is 59.6 Å². The quantitative estimate of drug-likeness (QED) is 0.417. The molecule has 74 valence electrons. The summed E-state index contributed by atoms with van der Waals surface area (Å²) >= 11 is 0. The van der Waals surface area contributed by atoms with E-state index in [0.717, 1.165) is 0 Å². The molecule has 0 aliphatic carbocycles. The first-order valence-electron chi connectivity index (χ1n) is 1.73. The summed E-state index contributed by atoms with van der Waals surface area (Å²) in [6.07, 6.45) is 0. The molecule has 0 aromatic heterocycles. The number of rotatable bonds is 0. The van der Waals surface area contributed by atoms with Crippen LogP contribution in [0.1, 0.15) is 0 Å². The third kappa shape index (κ3) is 412. The fraction of sp³-hybridized carbons (Fsp3) is 0. The maximum absolute atomic E-state index is 8.00. The van der Waals surface area contributed by atoms with E-state index in [-0.39, 0.29) is 18.9 Å². The molecule has 0 saturated carbocycles. The van der Waals surface area contributed by atoms with Crippen LogP contribution in [-0.2, 0) is 28.8 Å². The molecule has 0 radical (unpaired) electrons. The van der Waals surface area contributed by atoms with Crippen molar-refractivity contribution in [1.82, 2.24) is 0 Å². The second-order valence-electron chi connectivity index (χ2n) is 0. The summed E-state index contributed by atoms with van der Waals surface area (Å²) in [5.74, 6) is 0. The van der Waals surface area contributed by atoms with E-state index in [1.54, 1.807) is 0 Å². The molecule has 0 amide bonds. The second-order valence-corrected chi connectivity index (χ2v) is 0. The molecule has 0 spiro atoms. The number of hydrogen-bond donors (Lipinski definition) is 0. The molecule has 7 heteroatoms. The number of carbonyl (C=O) groups excluding carboxylic acids is 6. The summed E-state index contributed by atoms with van der Waals surface area (Å²) in [6, 6.07) is 0. The van der Waals surface area contributed by atoms with E-state index in [0.29, 0.717) is 0 Å². The summed E-state index contributed by atoms with van der Waals surface area (Å²) in [4.78, 5) is 48.0. The monoisotopic (exact) mass is 188 g/mol.